The first-order valence-electron chi connectivity index (χ1n) is 9.70. The molecular weight excluding hydrogens is 360 g/mol. The molecule has 1 N–H and O–H groups in total. The Bertz CT molecular complexity index is 777. The van der Waals surface area contributed by atoms with E-state index in [1.54, 1.807) is 7.11 Å². The van der Waals surface area contributed by atoms with Crippen LogP contribution in [0.5, 0.6) is 5.75 Å². The van der Waals surface area contributed by atoms with Crippen molar-refractivity contribution < 1.29 is 9.53 Å². The van der Waals surface area contributed by atoms with Crippen LogP contribution in [0.1, 0.15) is 32.1 Å². The van der Waals surface area contributed by atoms with Crippen LogP contribution in [0.15, 0.2) is 29.4 Å². The molecule has 2 fully saturated rings. The van der Waals surface area contributed by atoms with Gasteiger partial charge in [0.05, 0.1) is 12.9 Å². The summed E-state index contributed by atoms with van der Waals surface area (Å²) in [6.45, 7) is 1.85. The molecule has 6 nitrogen and oxygen atoms in total. The van der Waals surface area contributed by atoms with Gasteiger partial charge in [-0.15, -0.1) is 5.10 Å². The van der Waals surface area contributed by atoms with E-state index < -0.39 is 0 Å². The summed E-state index contributed by atoms with van der Waals surface area (Å²) in [5, 5.41) is 7.81. The molecule has 7 heteroatoms. The minimum absolute atomic E-state index is 0.208. The number of hydrogen-bond acceptors (Lipinski definition) is 5. The second-order valence-corrected chi connectivity index (χ2v) is 8.36. The molecule has 1 aliphatic heterocycles. The highest BCUT2D eigenvalue weighted by atomic mass is 32.2. The Hall–Kier alpha value is -2.02. The SMILES string of the molecule is COc1ccc(-c2nc(SCC(=O)N3CC[C@H]4CCCC[C@H]4C3)n[nH]2)cc1. The van der Waals surface area contributed by atoms with E-state index in [4.69, 9.17) is 4.74 Å². The quantitative estimate of drug-likeness (QED) is 0.795. The Morgan fingerprint density at radius 1 is 1.22 bits per heavy atom. The lowest BCUT2D eigenvalue weighted by Gasteiger charge is -2.41. The molecule has 2 aliphatic rings. The fraction of sp³-hybridized carbons (Fsp3) is 0.550. The molecule has 1 saturated heterocycles. The number of H-pyrrole nitrogens is 1. The van der Waals surface area contributed by atoms with Gasteiger partial charge in [0.15, 0.2) is 5.82 Å². The summed E-state index contributed by atoms with van der Waals surface area (Å²) in [6, 6.07) is 7.66. The lowest BCUT2D eigenvalue weighted by molar-refractivity contribution is -0.131. The van der Waals surface area contributed by atoms with Crippen LogP contribution in [0.25, 0.3) is 11.4 Å². The molecule has 1 saturated carbocycles. The molecule has 0 unspecified atom stereocenters. The second kappa shape index (κ2) is 8.33. The van der Waals surface area contributed by atoms with E-state index in [9.17, 15) is 4.79 Å². The summed E-state index contributed by atoms with van der Waals surface area (Å²) in [4.78, 5) is 19.2. The number of hydrogen-bond donors (Lipinski definition) is 1. The van der Waals surface area contributed by atoms with Crippen LogP contribution in [0.4, 0.5) is 0 Å². The number of aromatic amines is 1. The van der Waals surface area contributed by atoms with Crippen molar-refractivity contribution in [2.75, 3.05) is 26.0 Å². The first-order chi connectivity index (χ1) is 13.2. The zero-order valence-corrected chi connectivity index (χ0v) is 16.5. The van der Waals surface area contributed by atoms with Crippen molar-refractivity contribution in [3.05, 3.63) is 24.3 Å². The summed E-state index contributed by atoms with van der Waals surface area (Å²) < 4.78 is 5.17. The monoisotopic (exact) mass is 386 g/mol. The van der Waals surface area contributed by atoms with Gasteiger partial charge in [0.25, 0.3) is 0 Å². The second-order valence-electron chi connectivity index (χ2n) is 7.42. The third kappa shape index (κ3) is 4.29. The highest BCUT2D eigenvalue weighted by Gasteiger charge is 2.32. The van der Waals surface area contributed by atoms with Crippen LogP contribution in [0.2, 0.25) is 0 Å². The van der Waals surface area contributed by atoms with E-state index in [0.717, 1.165) is 30.3 Å². The van der Waals surface area contributed by atoms with E-state index in [0.29, 0.717) is 22.7 Å². The van der Waals surface area contributed by atoms with Crippen molar-refractivity contribution >= 4 is 17.7 Å². The van der Waals surface area contributed by atoms with Crippen molar-refractivity contribution in [1.29, 1.82) is 0 Å². The molecule has 1 amide bonds. The maximum atomic E-state index is 12.6. The number of thioether (sulfide) groups is 1. The van der Waals surface area contributed by atoms with Gasteiger partial charge in [0.1, 0.15) is 5.75 Å². The lowest BCUT2D eigenvalue weighted by atomic mass is 9.75. The summed E-state index contributed by atoms with van der Waals surface area (Å²) in [7, 11) is 1.64. The van der Waals surface area contributed by atoms with E-state index in [1.807, 2.05) is 24.3 Å². The van der Waals surface area contributed by atoms with Gasteiger partial charge in [-0.25, -0.2) is 4.98 Å². The first kappa shape index (κ1) is 18.3. The summed E-state index contributed by atoms with van der Waals surface area (Å²) in [5.41, 5.74) is 0.945. The highest BCUT2D eigenvalue weighted by molar-refractivity contribution is 7.99. The molecule has 4 rings (SSSR count). The fourth-order valence-electron chi connectivity index (χ4n) is 4.23. The maximum absolute atomic E-state index is 12.6. The predicted molar refractivity (Wildman–Crippen MR) is 106 cm³/mol. The van der Waals surface area contributed by atoms with Gasteiger partial charge in [0, 0.05) is 18.7 Å². The summed E-state index contributed by atoms with van der Waals surface area (Å²) in [6.07, 6.45) is 6.50. The van der Waals surface area contributed by atoms with Crippen LogP contribution in [-0.2, 0) is 4.79 Å². The number of benzene rings is 1. The summed E-state index contributed by atoms with van der Waals surface area (Å²) in [5.74, 6) is 3.68. The van der Waals surface area contributed by atoms with E-state index in [-0.39, 0.29) is 5.91 Å². The number of ether oxygens (including phenoxy) is 1. The van der Waals surface area contributed by atoms with Gasteiger partial charge in [-0.1, -0.05) is 31.0 Å². The number of nitrogens with one attached hydrogen (secondary N) is 1. The number of carbonyl (C=O) groups is 1. The number of nitrogens with zero attached hydrogens (tertiary/aromatic N) is 3. The zero-order valence-electron chi connectivity index (χ0n) is 15.7. The van der Waals surface area contributed by atoms with Crippen LogP contribution in [0, 0.1) is 11.8 Å². The zero-order chi connectivity index (χ0) is 18.6. The Morgan fingerprint density at radius 3 is 2.78 bits per heavy atom. The van der Waals surface area contributed by atoms with Crippen molar-refractivity contribution in [2.24, 2.45) is 11.8 Å². The Balaban J connectivity index is 1.31. The van der Waals surface area contributed by atoms with Gasteiger partial charge < -0.3 is 9.64 Å². The van der Waals surface area contributed by atoms with E-state index in [1.165, 1.54) is 43.9 Å². The molecule has 2 atom stereocenters. The highest BCUT2D eigenvalue weighted by Crippen LogP contribution is 2.36. The standard InChI is InChI=1S/C20H26N4O2S/c1-26-17-8-6-15(7-9-17)19-21-20(23-22-19)27-13-18(25)24-11-10-14-4-2-3-5-16(14)12-24/h6-9,14,16H,2-5,10-13H2,1H3,(H,21,22,23)/t14-,16+/m1/s1. The molecular formula is C20H26N4O2S. The number of carbonyl (C=O) groups excluding carboxylic acids is 1. The van der Waals surface area contributed by atoms with E-state index in [2.05, 4.69) is 20.1 Å². The lowest BCUT2D eigenvalue weighted by Crippen LogP contribution is -2.45. The normalized spacial score (nSPS) is 22.3. The van der Waals surface area contributed by atoms with Crippen molar-refractivity contribution in [3.63, 3.8) is 0 Å². The topological polar surface area (TPSA) is 71.1 Å². The third-order valence-electron chi connectivity index (χ3n) is 5.80. The molecule has 0 spiro atoms. The molecule has 1 aromatic carbocycles. The smallest absolute Gasteiger partial charge is 0.233 e. The number of rotatable bonds is 5. The van der Waals surface area contributed by atoms with Crippen LogP contribution >= 0.6 is 11.8 Å². The number of amides is 1. The maximum Gasteiger partial charge on any atom is 0.233 e. The van der Waals surface area contributed by atoms with Crippen molar-refractivity contribution in [1.82, 2.24) is 20.1 Å². The molecule has 2 heterocycles. The number of aromatic nitrogens is 3. The van der Waals surface area contributed by atoms with E-state index >= 15 is 0 Å². The Labute approximate surface area is 164 Å². The fourth-order valence-corrected chi connectivity index (χ4v) is 4.94. The van der Waals surface area contributed by atoms with Gasteiger partial charge in [-0.05, 0) is 48.9 Å². The summed E-state index contributed by atoms with van der Waals surface area (Å²) >= 11 is 1.41. The minimum atomic E-state index is 0.208. The molecule has 1 aliphatic carbocycles. The molecule has 27 heavy (non-hydrogen) atoms. The molecule has 2 aromatic rings. The van der Waals surface area contributed by atoms with Crippen LogP contribution < -0.4 is 4.74 Å². The molecule has 144 valence electrons. The Morgan fingerprint density at radius 2 is 2.00 bits per heavy atom. The average molecular weight is 387 g/mol. The third-order valence-corrected chi connectivity index (χ3v) is 6.63. The number of methoxy groups -OCH3 is 1. The molecule has 0 bridgehead atoms. The molecule has 1 aromatic heterocycles. The Kier molecular flexibility index (Phi) is 5.66. The van der Waals surface area contributed by atoms with Crippen LogP contribution in [0.3, 0.4) is 0 Å². The van der Waals surface area contributed by atoms with Gasteiger partial charge >= 0.3 is 0 Å². The first-order valence-corrected chi connectivity index (χ1v) is 10.7. The number of fused-ring (bicyclic) bond motifs is 1. The number of likely N-dealkylation sites (tertiary alicyclic amines) is 1. The largest absolute Gasteiger partial charge is 0.497 e. The van der Waals surface area contributed by atoms with Gasteiger partial charge in [-0.3, -0.25) is 9.89 Å². The molecule has 0 radical (unpaired) electrons. The number of piperidine rings is 1. The van der Waals surface area contributed by atoms with Crippen molar-refractivity contribution in [2.45, 2.75) is 37.3 Å². The minimum Gasteiger partial charge on any atom is -0.497 e. The van der Waals surface area contributed by atoms with Crippen molar-refractivity contribution in [3.8, 4) is 17.1 Å². The van der Waals surface area contributed by atoms with Crippen LogP contribution in [-0.4, -0.2) is 51.9 Å². The van der Waals surface area contributed by atoms with Gasteiger partial charge in [0.2, 0.25) is 11.1 Å². The predicted octanol–water partition coefficient (Wildman–Crippen LogP) is 3.61. The average Bonchev–Trinajstić information content (AvgIpc) is 3.21. The van der Waals surface area contributed by atoms with Gasteiger partial charge in [-0.2, -0.15) is 0 Å².